The number of likely N-dealkylation sites (tertiary alicyclic amines) is 1. The van der Waals surface area contributed by atoms with Gasteiger partial charge in [-0.25, -0.2) is 0 Å². The van der Waals surface area contributed by atoms with Gasteiger partial charge in [0.2, 0.25) is 0 Å². The van der Waals surface area contributed by atoms with E-state index >= 15 is 0 Å². The van der Waals surface area contributed by atoms with Crippen molar-refractivity contribution in [1.82, 2.24) is 10.2 Å². The highest BCUT2D eigenvalue weighted by atomic mass is 35.5. The first kappa shape index (κ1) is 14.6. The minimum atomic E-state index is 0.673. The first-order valence-corrected chi connectivity index (χ1v) is 8.71. The van der Waals surface area contributed by atoms with Gasteiger partial charge in [-0.1, -0.05) is 11.6 Å². The number of nitrogens with one attached hydrogen (secondary N) is 1. The molecule has 2 fully saturated rings. The van der Waals surface area contributed by atoms with Gasteiger partial charge in [-0.3, -0.25) is 4.90 Å². The second kappa shape index (κ2) is 6.26. The fraction of sp³-hybridized carbons (Fsp3) is 0.647. The zero-order chi connectivity index (χ0) is 14.9. The molecule has 1 aromatic carbocycles. The Morgan fingerprint density at radius 1 is 1.23 bits per heavy atom. The van der Waals surface area contributed by atoms with Gasteiger partial charge in [0.1, 0.15) is 0 Å². The van der Waals surface area contributed by atoms with E-state index in [-0.39, 0.29) is 0 Å². The molecular weight excluding hydrogens is 300 g/mol. The fourth-order valence-electron chi connectivity index (χ4n) is 3.90. The largest absolute Gasteiger partial charge is 0.489 e. The molecule has 0 amide bonds. The summed E-state index contributed by atoms with van der Waals surface area (Å²) in [5, 5.41) is 4.29. The molecule has 3 aliphatic rings. The zero-order valence-corrected chi connectivity index (χ0v) is 13.6. The highest BCUT2D eigenvalue weighted by molar-refractivity contribution is 6.32. The van der Waals surface area contributed by atoms with Crippen molar-refractivity contribution in [2.24, 2.45) is 5.92 Å². The molecule has 4 nitrogen and oxygen atoms in total. The minimum absolute atomic E-state index is 0.673. The average molecular weight is 323 g/mol. The van der Waals surface area contributed by atoms with Crippen LogP contribution < -0.4 is 14.8 Å². The summed E-state index contributed by atoms with van der Waals surface area (Å²) in [6.45, 7) is 5.84. The van der Waals surface area contributed by atoms with E-state index in [1.807, 2.05) is 6.07 Å². The lowest BCUT2D eigenvalue weighted by Gasteiger charge is -2.35. The molecule has 0 saturated carbocycles. The monoisotopic (exact) mass is 322 g/mol. The lowest BCUT2D eigenvalue weighted by molar-refractivity contribution is 0.156. The first-order chi connectivity index (χ1) is 10.8. The maximum absolute atomic E-state index is 6.39. The molecule has 0 radical (unpaired) electrons. The van der Waals surface area contributed by atoms with Crippen LogP contribution in [0.15, 0.2) is 12.1 Å². The summed E-state index contributed by atoms with van der Waals surface area (Å²) >= 11 is 6.39. The molecule has 1 aromatic rings. The highest BCUT2D eigenvalue weighted by Crippen LogP contribution is 2.38. The molecular formula is C17H23ClN2O2. The SMILES string of the molecule is Clc1cc(CN2CCC3NCCC3C2)cc2c1OCCCO2. The molecule has 2 atom stereocenters. The Bertz CT molecular complexity index is 552. The van der Waals surface area contributed by atoms with Crippen LogP contribution in [-0.2, 0) is 6.54 Å². The van der Waals surface area contributed by atoms with Crippen molar-refractivity contribution in [2.45, 2.75) is 31.8 Å². The van der Waals surface area contributed by atoms with E-state index in [0.717, 1.165) is 37.2 Å². The molecule has 5 heteroatoms. The van der Waals surface area contributed by atoms with Crippen LogP contribution in [0.2, 0.25) is 5.02 Å². The Labute approximate surface area is 136 Å². The van der Waals surface area contributed by atoms with Gasteiger partial charge < -0.3 is 14.8 Å². The molecule has 2 saturated heterocycles. The van der Waals surface area contributed by atoms with E-state index in [1.165, 1.54) is 31.5 Å². The van der Waals surface area contributed by atoms with Gasteiger partial charge in [0.25, 0.3) is 0 Å². The van der Waals surface area contributed by atoms with Crippen LogP contribution in [0.25, 0.3) is 0 Å². The van der Waals surface area contributed by atoms with Crippen LogP contribution in [-0.4, -0.2) is 43.8 Å². The van der Waals surface area contributed by atoms with Crippen molar-refractivity contribution in [1.29, 1.82) is 0 Å². The highest BCUT2D eigenvalue weighted by Gasteiger charge is 2.32. The van der Waals surface area contributed by atoms with Gasteiger partial charge in [0.05, 0.1) is 18.2 Å². The number of rotatable bonds is 2. The summed E-state index contributed by atoms with van der Waals surface area (Å²) < 4.78 is 11.5. The van der Waals surface area contributed by atoms with Crippen molar-refractivity contribution in [3.8, 4) is 11.5 Å². The van der Waals surface area contributed by atoms with Crippen molar-refractivity contribution in [3.63, 3.8) is 0 Å². The van der Waals surface area contributed by atoms with E-state index in [4.69, 9.17) is 21.1 Å². The van der Waals surface area contributed by atoms with Crippen LogP contribution in [0, 0.1) is 5.92 Å². The third-order valence-electron chi connectivity index (χ3n) is 5.01. The number of nitrogens with zero attached hydrogens (tertiary/aromatic N) is 1. The van der Waals surface area contributed by atoms with Gasteiger partial charge in [-0.15, -0.1) is 0 Å². The maximum atomic E-state index is 6.39. The maximum Gasteiger partial charge on any atom is 0.179 e. The van der Waals surface area contributed by atoms with Crippen molar-refractivity contribution in [2.75, 3.05) is 32.8 Å². The van der Waals surface area contributed by atoms with Crippen molar-refractivity contribution >= 4 is 11.6 Å². The molecule has 3 aliphatic heterocycles. The lowest BCUT2D eigenvalue weighted by Crippen LogP contribution is -2.43. The second-order valence-electron chi connectivity index (χ2n) is 6.59. The van der Waals surface area contributed by atoms with Gasteiger partial charge in [0.15, 0.2) is 11.5 Å². The molecule has 4 rings (SSSR count). The summed E-state index contributed by atoms with van der Waals surface area (Å²) in [5.74, 6) is 2.32. The van der Waals surface area contributed by atoms with E-state index in [9.17, 15) is 0 Å². The van der Waals surface area contributed by atoms with E-state index < -0.39 is 0 Å². The molecule has 0 aromatic heterocycles. The predicted molar refractivity (Wildman–Crippen MR) is 86.9 cm³/mol. The summed E-state index contributed by atoms with van der Waals surface area (Å²) in [6.07, 6.45) is 3.47. The van der Waals surface area contributed by atoms with Gasteiger partial charge in [0, 0.05) is 25.6 Å². The number of hydrogen-bond acceptors (Lipinski definition) is 4. The number of piperidine rings is 1. The van der Waals surface area contributed by atoms with E-state index in [1.54, 1.807) is 0 Å². The Morgan fingerprint density at radius 2 is 2.14 bits per heavy atom. The summed E-state index contributed by atoms with van der Waals surface area (Å²) in [4.78, 5) is 2.55. The van der Waals surface area contributed by atoms with Crippen LogP contribution >= 0.6 is 11.6 Å². The molecule has 120 valence electrons. The Hall–Kier alpha value is -0.970. The fourth-order valence-corrected chi connectivity index (χ4v) is 4.19. The third kappa shape index (κ3) is 2.92. The molecule has 0 bridgehead atoms. The molecule has 2 unspecified atom stereocenters. The lowest BCUT2D eigenvalue weighted by atomic mass is 9.93. The summed E-state index contributed by atoms with van der Waals surface area (Å²) in [5.41, 5.74) is 1.22. The van der Waals surface area contributed by atoms with Crippen LogP contribution in [0.4, 0.5) is 0 Å². The standard InChI is InChI=1S/C17H23ClN2O2/c18-14-8-12(9-16-17(14)22-7-1-6-21-16)10-20-5-3-15-13(11-20)2-4-19-15/h8-9,13,15,19H,1-7,10-11H2. The Morgan fingerprint density at radius 3 is 3.09 bits per heavy atom. The normalized spacial score (nSPS) is 28.2. The van der Waals surface area contributed by atoms with Crippen LogP contribution in [0.1, 0.15) is 24.8 Å². The Kier molecular flexibility index (Phi) is 4.16. The minimum Gasteiger partial charge on any atom is -0.489 e. The molecule has 1 N–H and O–H groups in total. The number of benzene rings is 1. The smallest absolute Gasteiger partial charge is 0.179 e. The summed E-state index contributed by atoms with van der Waals surface area (Å²) in [6, 6.07) is 4.88. The topological polar surface area (TPSA) is 33.7 Å². The van der Waals surface area contributed by atoms with Gasteiger partial charge >= 0.3 is 0 Å². The molecule has 22 heavy (non-hydrogen) atoms. The first-order valence-electron chi connectivity index (χ1n) is 8.33. The Balaban J connectivity index is 1.48. The quantitative estimate of drug-likeness (QED) is 0.907. The molecule has 3 heterocycles. The third-order valence-corrected chi connectivity index (χ3v) is 5.29. The predicted octanol–water partition coefficient (Wildman–Crippen LogP) is 2.69. The molecule has 0 aliphatic carbocycles. The molecule has 0 spiro atoms. The van der Waals surface area contributed by atoms with E-state index in [0.29, 0.717) is 24.0 Å². The van der Waals surface area contributed by atoms with Gasteiger partial charge in [-0.05, 0) is 49.5 Å². The number of hydrogen-bond donors (Lipinski definition) is 1. The number of ether oxygens (including phenoxy) is 2. The zero-order valence-electron chi connectivity index (χ0n) is 12.8. The summed E-state index contributed by atoms with van der Waals surface area (Å²) in [7, 11) is 0. The number of fused-ring (bicyclic) bond motifs is 2. The van der Waals surface area contributed by atoms with E-state index in [2.05, 4.69) is 16.3 Å². The average Bonchev–Trinajstić information content (AvgIpc) is 2.83. The number of halogens is 1. The van der Waals surface area contributed by atoms with Crippen molar-refractivity contribution < 1.29 is 9.47 Å². The van der Waals surface area contributed by atoms with Crippen molar-refractivity contribution in [3.05, 3.63) is 22.7 Å². The van der Waals surface area contributed by atoms with Crippen LogP contribution in [0.3, 0.4) is 0 Å². The van der Waals surface area contributed by atoms with Gasteiger partial charge in [-0.2, -0.15) is 0 Å². The second-order valence-corrected chi connectivity index (χ2v) is 7.00. The van der Waals surface area contributed by atoms with Crippen LogP contribution in [0.5, 0.6) is 11.5 Å².